The molecule has 1 heterocycles. The van der Waals surface area contributed by atoms with Gasteiger partial charge in [-0.15, -0.1) is 0 Å². The van der Waals surface area contributed by atoms with E-state index in [0.717, 1.165) is 0 Å². The van der Waals surface area contributed by atoms with Gasteiger partial charge in [-0.2, -0.15) is 0 Å². The van der Waals surface area contributed by atoms with Gasteiger partial charge in [0.1, 0.15) is 5.92 Å². The lowest BCUT2D eigenvalue weighted by molar-refractivity contribution is -0.170. The van der Waals surface area contributed by atoms with Crippen molar-refractivity contribution in [2.24, 2.45) is 11.8 Å². The Bertz CT molecular complexity index is 612. The molecular formula is C16H19NO6. The number of ketones is 1. The normalized spacial score (nSPS) is 30.6. The summed E-state index contributed by atoms with van der Waals surface area (Å²) >= 11 is 0. The van der Waals surface area contributed by atoms with Crippen molar-refractivity contribution in [3.05, 3.63) is 30.1 Å². The van der Waals surface area contributed by atoms with Crippen molar-refractivity contribution in [1.29, 1.82) is 0 Å². The minimum Gasteiger partial charge on any atom is -0.469 e. The Morgan fingerprint density at radius 3 is 2.43 bits per heavy atom. The summed E-state index contributed by atoms with van der Waals surface area (Å²) in [5, 5.41) is 10.6. The van der Waals surface area contributed by atoms with Gasteiger partial charge in [-0.05, 0) is 19.1 Å². The van der Waals surface area contributed by atoms with Gasteiger partial charge in [-0.1, -0.05) is 6.07 Å². The number of aliphatic hydroxyl groups is 1. The van der Waals surface area contributed by atoms with Crippen molar-refractivity contribution in [3.63, 3.8) is 0 Å². The van der Waals surface area contributed by atoms with Crippen molar-refractivity contribution < 1.29 is 29.0 Å². The van der Waals surface area contributed by atoms with E-state index in [-0.39, 0.29) is 6.42 Å². The maximum absolute atomic E-state index is 12.4. The average Bonchev–Trinajstić information content (AvgIpc) is 2.52. The molecule has 0 bridgehead atoms. The van der Waals surface area contributed by atoms with Gasteiger partial charge in [0.25, 0.3) is 0 Å². The molecule has 0 spiro atoms. The van der Waals surface area contributed by atoms with Gasteiger partial charge in [0.15, 0.2) is 5.78 Å². The lowest BCUT2D eigenvalue weighted by Gasteiger charge is -2.42. The number of esters is 2. The van der Waals surface area contributed by atoms with E-state index in [2.05, 4.69) is 4.98 Å². The lowest BCUT2D eigenvalue weighted by Crippen LogP contribution is -2.55. The molecule has 0 aromatic carbocycles. The van der Waals surface area contributed by atoms with Crippen LogP contribution in [0.2, 0.25) is 0 Å². The molecule has 23 heavy (non-hydrogen) atoms. The number of methoxy groups -OCH3 is 2. The first-order valence-corrected chi connectivity index (χ1v) is 7.15. The molecule has 0 unspecified atom stereocenters. The first-order valence-electron chi connectivity index (χ1n) is 7.15. The number of hydrogen-bond donors (Lipinski definition) is 1. The molecule has 2 rings (SSSR count). The van der Waals surface area contributed by atoms with Crippen LogP contribution in [0.5, 0.6) is 0 Å². The van der Waals surface area contributed by atoms with Crippen LogP contribution in [0.15, 0.2) is 24.4 Å². The molecule has 1 aromatic heterocycles. The van der Waals surface area contributed by atoms with Gasteiger partial charge in [0.2, 0.25) is 0 Å². The van der Waals surface area contributed by atoms with Gasteiger partial charge in [-0.3, -0.25) is 19.4 Å². The molecule has 1 N–H and O–H groups in total. The number of carbonyl (C=O) groups is 3. The second-order valence-electron chi connectivity index (χ2n) is 5.78. The number of rotatable bonds is 3. The molecular weight excluding hydrogens is 302 g/mol. The van der Waals surface area contributed by atoms with Crippen LogP contribution in [-0.2, 0) is 23.9 Å². The highest BCUT2D eigenvalue weighted by Crippen LogP contribution is 2.45. The number of Topliss-reactive ketones (excluding diaryl/α,β-unsaturated/α-hetero) is 1. The fourth-order valence-electron chi connectivity index (χ4n) is 3.20. The van der Waals surface area contributed by atoms with Crippen LogP contribution in [0, 0.1) is 11.8 Å². The van der Waals surface area contributed by atoms with Crippen LogP contribution in [0.1, 0.15) is 25.0 Å². The van der Waals surface area contributed by atoms with E-state index in [1.54, 1.807) is 18.2 Å². The van der Waals surface area contributed by atoms with E-state index in [1.165, 1.54) is 27.3 Å². The third kappa shape index (κ3) is 3.10. The van der Waals surface area contributed by atoms with Crippen molar-refractivity contribution in [3.8, 4) is 0 Å². The highest BCUT2D eigenvalue weighted by Gasteiger charge is 2.57. The van der Waals surface area contributed by atoms with Crippen LogP contribution in [0.3, 0.4) is 0 Å². The van der Waals surface area contributed by atoms with Crippen LogP contribution in [0.25, 0.3) is 0 Å². The summed E-state index contributed by atoms with van der Waals surface area (Å²) in [5.74, 6) is -5.21. The first kappa shape index (κ1) is 17.1. The van der Waals surface area contributed by atoms with E-state index < -0.39 is 41.1 Å². The summed E-state index contributed by atoms with van der Waals surface area (Å²) in [7, 11) is 2.36. The number of pyridine rings is 1. The summed E-state index contributed by atoms with van der Waals surface area (Å²) in [6, 6.07) is 4.95. The molecule has 4 atom stereocenters. The van der Waals surface area contributed by atoms with E-state index in [0.29, 0.717) is 5.69 Å². The molecule has 0 aliphatic heterocycles. The minimum absolute atomic E-state index is 0.337. The van der Waals surface area contributed by atoms with E-state index in [9.17, 15) is 19.5 Å². The van der Waals surface area contributed by atoms with Crippen molar-refractivity contribution in [1.82, 2.24) is 4.98 Å². The summed E-state index contributed by atoms with van der Waals surface area (Å²) in [5.41, 5.74) is -1.29. The van der Waals surface area contributed by atoms with Crippen molar-refractivity contribution in [2.75, 3.05) is 14.2 Å². The predicted molar refractivity (Wildman–Crippen MR) is 78.2 cm³/mol. The summed E-state index contributed by atoms with van der Waals surface area (Å²) in [6.45, 7) is 1.38. The standard InChI is InChI=1S/C16H19NO6/c1-16(21)8-10(18)12(14(19)22-2)11(13(16)15(20)23-3)9-6-4-5-7-17-9/h4-7,11-13,21H,8H2,1-3H3/t11-,12+,13+,16-/m0/s1. The fraction of sp³-hybridized carbons (Fsp3) is 0.500. The van der Waals surface area contributed by atoms with Crippen LogP contribution < -0.4 is 0 Å². The largest absolute Gasteiger partial charge is 0.469 e. The first-order chi connectivity index (χ1) is 10.8. The van der Waals surface area contributed by atoms with Crippen molar-refractivity contribution >= 4 is 17.7 Å². The van der Waals surface area contributed by atoms with Gasteiger partial charge in [0.05, 0.1) is 25.7 Å². The van der Waals surface area contributed by atoms with Crippen molar-refractivity contribution in [2.45, 2.75) is 24.9 Å². The van der Waals surface area contributed by atoms with Crippen LogP contribution >= 0.6 is 0 Å². The molecule has 7 heteroatoms. The zero-order valence-corrected chi connectivity index (χ0v) is 13.2. The summed E-state index contributed by atoms with van der Waals surface area (Å²) in [4.78, 5) is 40.9. The average molecular weight is 321 g/mol. The maximum atomic E-state index is 12.4. The van der Waals surface area contributed by atoms with E-state index in [4.69, 9.17) is 9.47 Å². The Balaban J connectivity index is 2.61. The quantitative estimate of drug-likeness (QED) is 0.637. The smallest absolute Gasteiger partial charge is 0.316 e. The second kappa shape index (κ2) is 6.45. The molecule has 0 radical (unpaired) electrons. The fourth-order valence-corrected chi connectivity index (χ4v) is 3.20. The highest BCUT2D eigenvalue weighted by molar-refractivity contribution is 6.02. The predicted octanol–water partition coefficient (Wildman–Crippen LogP) is 0.467. The lowest BCUT2D eigenvalue weighted by atomic mass is 9.62. The molecule has 1 aliphatic rings. The Morgan fingerprint density at radius 1 is 1.26 bits per heavy atom. The van der Waals surface area contributed by atoms with E-state index >= 15 is 0 Å². The number of hydrogen-bond acceptors (Lipinski definition) is 7. The third-order valence-electron chi connectivity index (χ3n) is 4.21. The molecule has 7 nitrogen and oxygen atoms in total. The van der Waals surface area contributed by atoms with E-state index in [1.807, 2.05) is 0 Å². The Morgan fingerprint density at radius 2 is 1.91 bits per heavy atom. The van der Waals surface area contributed by atoms with Gasteiger partial charge < -0.3 is 14.6 Å². The minimum atomic E-state index is -1.64. The second-order valence-corrected chi connectivity index (χ2v) is 5.78. The number of ether oxygens (including phenoxy) is 2. The number of nitrogens with zero attached hydrogens (tertiary/aromatic N) is 1. The molecule has 1 aromatic rings. The third-order valence-corrected chi connectivity index (χ3v) is 4.21. The van der Waals surface area contributed by atoms with Crippen LogP contribution in [-0.4, -0.2) is 47.6 Å². The highest BCUT2D eigenvalue weighted by atomic mass is 16.5. The maximum Gasteiger partial charge on any atom is 0.316 e. The molecule has 1 aliphatic carbocycles. The molecule has 1 saturated carbocycles. The Hall–Kier alpha value is -2.28. The van der Waals surface area contributed by atoms with Crippen LogP contribution in [0.4, 0.5) is 0 Å². The summed E-state index contributed by atoms with van der Waals surface area (Å²) in [6.07, 6.45) is 1.15. The zero-order chi connectivity index (χ0) is 17.2. The van der Waals surface area contributed by atoms with Gasteiger partial charge in [-0.25, -0.2) is 0 Å². The topological polar surface area (TPSA) is 103 Å². The Kier molecular flexibility index (Phi) is 4.79. The molecule has 0 amide bonds. The van der Waals surface area contributed by atoms with Gasteiger partial charge >= 0.3 is 11.9 Å². The number of carbonyl (C=O) groups excluding carboxylic acids is 3. The monoisotopic (exact) mass is 321 g/mol. The number of aromatic nitrogens is 1. The molecule has 1 fully saturated rings. The summed E-state index contributed by atoms with van der Waals surface area (Å²) < 4.78 is 9.50. The SMILES string of the molecule is COC(=O)[C@@H]1C(=O)C[C@](C)(O)[C@@H](C(=O)OC)[C@H]1c1ccccn1. The van der Waals surface area contributed by atoms with Gasteiger partial charge in [0, 0.05) is 24.2 Å². The Labute approximate surface area is 133 Å². The zero-order valence-electron chi connectivity index (χ0n) is 13.2. The molecule has 0 saturated heterocycles. The molecule has 124 valence electrons.